The zero-order valence-corrected chi connectivity index (χ0v) is 14.4. The number of hydrogen-bond donors (Lipinski definition) is 0. The summed E-state index contributed by atoms with van der Waals surface area (Å²) in [5.74, 6) is 0.711. The molecule has 22 heavy (non-hydrogen) atoms. The van der Waals surface area contributed by atoms with E-state index in [0.29, 0.717) is 5.75 Å². The summed E-state index contributed by atoms with van der Waals surface area (Å²) in [4.78, 5) is -0.0747. The first-order chi connectivity index (χ1) is 10.4. The lowest BCUT2D eigenvalue weighted by molar-refractivity contribution is 0.414. The molecule has 0 atom stereocenters. The van der Waals surface area contributed by atoms with Crippen LogP contribution in [0.4, 0.5) is 0 Å². The van der Waals surface area contributed by atoms with Crippen LogP contribution in [-0.4, -0.2) is 26.9 Å². The van der Waals surface area contributed by atoms with Crippen LogP contribution in [-0.2, 0) is 16.6 Å². The van der Waals surface area contributed by atoms with Gasteiger partial charge in [0.2, 0.25) is 10.0 Å². The zero-order chi connectivity index (χ0) is 16.3. The molecule has 118 valence electrons. The van der Waals surface area contributed by atoms with Crippen molar-refractivity contribution < 1.29 is 13.2 Å². The Kier molecular flexibility index (Phi) is 5.34. The van der Waals surface area contributed by atoms with Crippen LogP contribution in [0, 0.1) is 0 Å². The van der Waals surface area contributed by atoms with E-state index < -0.39 is 10.0 Å². The molecule has 0 saturated carbocycles. The predicted molar refractivity (Wildman–Crippen MR) is 88.1 cm³/mol. The third-order valence-electron chi connectivity index (χ3n) is 3.15. The summed E-state index contributed by atoms with van der Waals surface area (Å²) in [6.07, 6.45) is 0. The SMILES string of the molecule is COc1ccc(CN(C)S(=O)(=O)c2c(Cl)cccc2Cl)cc1. The van der Waals surface area contributed by atoms with Crippen LogP contribution in [0.1, 0.15) is 5.56 Å². The van der Waals surface area contributed by atoms with Crippen LogP contribution in [0.25, 0.3) is 0 Å². The van der Waals surface area contributed by atoms with Gasteiger partial charge in [-0.3, -0.25) is 0 Å². The van der Waals surface area contributed by atoms with E-state index in [1.165, 1.54) is 23.5 Å². The summed E-state index contributed by atoms with van der Waals surface area (Å²) < 4.78 is 31.6. The maximum absolute atomic E-state index is 12.6. The van der Waals surface area contributed by atoms with Crippen molar-refractivity contribution in [1.82, 2.24) is 4.31 Å². The van der Waals surface area contributed by atoms with Crippen LogP contribution in [0.5, 0.6) is 5.75 Å². The van der Waals surface area contributed by atoms with Gasteiger partial charge in [0.1, 0.15) is 10.6 Å². The molecule has 0 aliphatic rings. The van der Waals surface area contributed by atoms with Gasteiger partial charge in [-0.1, -0.05) is 41.4 Å². The molecule has 0 radical (unpaired) electrons. The number of methoxy groups -OCH3 is 1. The average molecular weight is 360 g/mol. The van der Waals surface area contributed by atoms with Crippen molar-refractivity contribution in [3.63, 3.8) is 0 Å². The van der Waals surface area contributed by atoms with Crippen LogP contribution >= 0.6 is 23.2 Å². The smallest absolute Gasteiger partial charge is 0.246 e. The number of rotatable bonds is 5. The van der Waals surface area contributed by atoms with Crippen molar-refractivity contribution >= 4 is 33.2 Å². The summed E-state index contributed by atoms with van der Waals surface area (Å²) in [7, 11) is -0.716. The lowest BCUT2D eigenvalue weighted by Crippen LogP contribution is -2.27. The molecule has 0 bridgehead atoms. The van der Waals surface area contributed by atoms with Gasteiger partial charge in [0.15, 0.2) is 0 Å². The number of halogens is 2. The minimum absolute atomic E-state index is 0.0747. The second-order valence-corrected chi connectivity index (χ2v) is 7.46. The molecule has 2 aromatic carbocycles. The third kappa shape index (κ3) is 3.55. The van der Waals surface area contributed by atoms with Crippen LogP contribution < -0.4 is 4.74 Å². The Morgan fingerprint density at radius 1 is 1.05 bits per heavy atom. The summed E-state index contributed by atoms with van der Waals surface area (Å²) in [5, 5.41) is 0.211. The summed E-state index contributed by atoms with van der Waals surface area (Å²) in [6, 6.07) is 11.8. The van der Waals surface area contributed by atoms with Gasteiger partial charge in [-0.25, -0.2) is 8.42 Å². The summed E-state index contributed by atoms with van der Waals surface area (Å²) >= 11 is 12.0. The fourth-order valence-corrected chi connectivity index (χ4v) is 4.20. The Morgan fingerprint density at radius 2 is 1.59 bits per heavy atom. The third-order valence-corrected chi connectivity index (χ3v) is 5.91. The van der Waals surface area contributed by atoms with Gasteiger partial charge in [0, 0.05) is 13.6 Å². The summed E-state index contributed by atoms with van der Waals surface area (Å²) in [5.41, 5.74) is 0.829. The molecule has 0 aliphatic carbocycles. The molecule has 2 rings (SSSR count). The molecule has 0 amide bonds. The van der Waals surface area contributed by atoms with Crippen molar-refractivity contribution in [2.45, 2.75) is 11.4 Å². The largest absolute Gasteiger partial charge is 0.497 e. The summed E-state index contributed by atoms with van der Waals surface area (Å²) in [6.45, 7) is 0.202. The van der Waals surface area contributed by atoms with Gasteiger partial charge in [0.05, 0.1) is 17.2 Å². The Hall–Kier alpha value is -1.27. The highest BCUT2D eigenvalue weighted by Gasteiger charge is 2.26. The Bertz CT molecular complexity index is 741. The molecule has 0 fully saturated rings. The van der Waals surface area contributed by atoms with E-state index in [0.717, 1.165) is 5.56 Å². The lowest BCUT2D eigenvalue weighted by atomic mass is 10.2. The number of nitrogens with zero attached hydrogens (tertiary/aromatic N) is 1. The molecule has 0 spiro atoms. The van der Waals surface area contributed by atoms with Crippen molar-refractivity contribution in [1.29, 1.82) is 0 Å². The van der Waals surface area contributed by atoms with Gasteiger partial charge in [-0.05, 0) is 29.8 Å². The highest BCUT2D eigenvalue weighted by Crippen LogP contribution is 2.31. The molecule has 0 heterocycles. The Labute approximate surface area is 140 Å². The topological polar surface area (TPSA) is 46.6 Å². The van der Waals surface area contributed by atoms with Crippen LogP contribution in [0.15, 0.2) is 47.4 Å². The minimum atomic E-state index is -3.78. The van der Waals surface area contributed by atoms with Gasteiger partial charge in [-0.2, -0.15) is 4.31 Å². The number of hydrogen-bond acceptors (Lipinski definition) is 3. The second-order valence-electron chi connectivity index (χ2n) is 4.66. The molecule has 0 unspecified atom stereocenters. The standard InChI is InChI=1S/C15H15Cl2NO3S/c1-18(10-11-6-8-12(21-2)9-7-11)22(19,20)15-13(16)4-3-5-14(15)17/h3-9H,10H2,1-2H3. The Morgan fingerprint density at radius 3 is 2.09 bits per heavy atom. The van der Waals surface area contributed by atoms with Gasteiger partial charge in [0.25, 0.3) is 0 Å². The first-order valence-electron chi connectivity index (χ1n) is 6.39. The van der Waals surface area contributed by atoms with Gasteiger partial charge < -0.3 is 4.74 Å². The van der Waals surface area contributed by atoms with E-state index in [2.05, 4.69) is 0 Å². The van der Waals surface area contributed by atoms with Gasteiger partial charge >= 0.3 is 0 Å². The average Bonchev–Trinajstić information content (AvgIpc) is 2.47. The number of benzene rings is 2. The first kappa shape index (κ1) is 17.1. The molecule has 0 saturated heterocycles. The minimum Gasteiger partial charge on any atom is -0.497 e. The molecule has 0 aromatic heterocycles. The monoisotopic (exact) mass is 359 g/mol. The quantitative estimate of drug-likeness (QED) is 0.814. The zero-order valence-electron chi connectivity index (χ0n) is 12.1. The van der Waals surface area contributed by atoms with Crippen LogP contribution in [0.2, 0.25) is 10.0 Å². The highest BCUT2D eigenvalue weighted by molar-refractivity contribution is 7.89. The molecule has 4 nitrogen and oxygen atoms in total. The second kappa shape index (κ2) is 6.87. The van der Waals surface area contributed by atoms with Crippen molar-refractivity contribution in [2.24, 2.45) is 0 Å². The first-order valence-corrected chi connectivity index (χ1v) is 8.59. The maximum atomic E-state index is 12.6. The van der Waals surface area contributed by atoms with E-state index in [-0.39, 0.29) is 21.5 Å². The predicted octanol–water partition coefficient (Wildman–Crippen LogP) is 3.82. The van der Waals surface area contributed by atoms with E-state index in [4.69, 9.17) is 27.9 Å². The molecule has 0 N–H and O–H groups in total. The van der Waals surface area contributed by atoms with Crippen molar-refractivity contribution in [2.75, 3.05) is 14.2 Å². The number of sulfonamides is 1. The lowest BCUT2D eigenvalue weighted by Gasteiger charge is -2.19. The molecule has 0 aliphatic heterocycles. The highest BCUT2D eigenvalue weighted by atomic mass is 35.5. The fraction of sp³-hybridized carbons (Fsp3) is 0.200. The van der Waals surface area contributed by atoms with E-state index >= 15 is 0 Å². The molecular weight excluding hydrogens is 345 g/mol. The van der Waals surface area contributed by atoms with Crippen molar-refractivity contribution in [3.8, 4) is 5.75 Å². The van der Waals surface area contributed by atoms with Crippen molar-refractivity contribution in [3.05, 3.63) is 58.1 Å². The fourth-order valence-electron chi connectivity index (χ4n) is 1.96. The molecule has 7 heteroatoms. The molecular formula is C15H15Cl2NO3S. The molecule has 2 aromatic rings. The Balaban J connectivity index is 2.29. The van der Waals surface area contributed by atoms with Crippen LogP contribution in [0.3, 0.4) is 0 Å². The number of ether oxygens (including phenoxy) is 1. The van der Waals surface area contributed by atoms with E-state index in [9.17, 15) is 8.42 Å². The van der Waals surface area contributed by atoms with Gasteiger partial charge in [-0.15, -0.1) is 0 Å². The van der Waals surface area contributed by atoms with E-state index in [1.807, 2.05) is 0 Å². The van der Waals surface area contributed by atoms with E-state index in [1.54, 1.807) is 37.4 Å². The normalized spacial score (nSPS) is 11.7. The maximum Gasteiger partial charge on any atom is 0.246 e.